The standard InChI is InChI=1S/C15H19N3O/c1-5-12-16-13(6-2)18-15(17-12)11-8-9(3)7-10(4)14(11)19/h7-8,19H,5-6H2,1-4H3. The van der Waals surface area contributed by atoms with Crippen molar-refractivity contribution in [1.82, 2.24) is 15.0 Å². The van der Waals surface area contributed by atoms with Crippen LogP contribution in [0, 0.1) is 13.8 Å². The van der Waals surface area contributed by atoms with Crippen molar-refractivity contribution >= 4 is 0 Å². The van der Waals surface area contributed by atoms with Crippen LogP contribution in [-0.4, -0.2) is 20.1 Å². The summed E-state index contributed by atoms with van der Waals surface area (Å²) >= 11 is 0. The van der Waals surface area contributed by atoms with Crippen molar-refractivity contribution in [2.75, 3.05) is 0 Å². The van der Waals surface area contributed by atoms with Gasteiger partial charge in [0, 0.05) is 12.8 Å². The average Bonchev–Trinajstić information content (AvgIpc) is 2.42. The van der Waals surface area contributed by atoms with Crippen molar-refractivity contribution in [2.45, 2.75) is 40.5 Å². The number of benzene rings is 1. The summed E-state index contributed by atoms with van der Waals surface area (Å²) in [5.41, 5.74) is 2.61. The fraction of sp³-hybridized carbons (Fsp3) is 0.400. The third-order valence-electron chi connectivity index (χ3n) is 3.05. The van der Waals surface area contributed by atoms with Crippen molar-refractivity contribution in [3.05, 3.63) is 34.9 Å². The first-order chi connectivity index (χ1) is 9.05. The van der Waals surface area contributed by atoms with E-state index in [9.17, 15) is 5.11 Å². The fourth-order valence-corrected chi connectivity index (χ4v) is 2.04. The normalized spacial score (nSPS) is 10.7. The van der Waals surface area contributed by atoms with E-state index in [1.54, 1.807) is 0 Å². The zero-order valence-corrected chi connectivity index (χ0v) is 11.9. The van der Waals surface area contributed by atoms with Gasteiger partial charge >= 0.3 is 0 Å². The van der Waals surface area contributed by atoms with Gasteiger partial charge in [-0.05, 0) is 31.0 Å². The van der Waals surface area contributed by atoms with Gasteiger partial charge in [-0.3, -0.25) is 0 Å². The smallest absolute Gasteiger partial charge is 0.167 e. The highest BCUT2D eigenvalue weighted by Crippen LogP contribution is 2.31. The Balaban J connectivity index is 2.64. The van der Waals surface area contributed by atoms with Gasteiger partial charge < -0.3 is 5.11 Å². The molecule has 1 heterocycles. The lowest BCUT2D eigenvalue weighted by Gasteiger charge is -2.09. The third-order valence-corrected chi connectivity index (χ3v) is 3.05. The molecule has 0 aliphatic rings. The Hall–Kier alpha value is -1.97. The molecule has 0 unspecified atom stereocenters. The molecule has 1 aromatic carbocycles. The summed E-state index contributed by atoms with van der Waals surface area (Å²) in [5.74, 6) is 2.34. The van der Waals surface area contributed by atoms with Crippen LogP contribution in [0.2, 0.25) is 0 Å². The summed E-state index contributed by atoms with van der Waals surface area (Å²) in [6, 6.07) is 3.86. The maximum atomic E-state index is 10.2. The lowest BCUT2D eigenvalue weighted by Crippen LogP contribution is -2.04. The second-order valence-corrected chi connectivity index (χ2v) is 4.68. The predicted octanol–water partition coefficient (Wildman–Crippen LogP) is 2.99. The van der Waals surface area contributed by atoms with Gasteiger partial charge in [0.05, 0.1) is 5.56 Å². The second kappa shape index (κ2) is 5.34. The third kappa shape index (κ3) is 2.72. The molecule has 4 nitrogen and oxygen atoms in total. The van der Waals surface area contributed by atoms with E-state index < -0.39 is 0 Å². The summed E-state index contributed by atoms with van der Waals surface area (Å²) < 4.78 is 0. The molecule has 0 saturated carbocycles. The molecule has 0 aliphatic heterocycles. The zero-order valence-electron chi connectivity index (χ0n) is 11.9. The van der Waals surface area contributed by atoms with Crippen LogP contribution in [0.3, 0.4) is 0 Å². The van der Waals surface area contributed by atoms with Crippen LogP contribution < -0.4 is 0 Å². The molecule has 0 saturated heterocycles. The minimum absolute atomic E-state index is 0.251. The molecule has 1 N–H and O–H groups in total. The van der Waals surface area contributed by atoms with Gasteiger partial charge in [0.15, 0.2) is 5.82 Å². The Kier molecular flexibility index (Phi) is 3.79. The van der Waals surface area contributed by atoms with Gasteiger partial charge in [-0.1, -0.05) is 19.9 Å². The Morgan fingerprint density at radius 2 is 1.53 bits per heavy atom. The minimum Gasteiger partial charge on any atom is -0.507 e. The Morgan fingerprint density at radius 1 is 0.947 bits per heavy atom. The number of aromatic hydroxyl groups is 1. The van der Waals surface area contributed by atoms with Gasteiger partial charge in [0.2, 0.25) is 0 Å². The first kappa shape index (κ1) is 13.5. The molecule has 0 aliphatic carbocycles. The van der Waals surface area contributed by atoms with Gasteiger partial charge in [-0.25, -0.2) is 15.0 Å². The topological polar surface area (TPSA) is 58.9 Å². The SMILES string of the molecule is CCc1nc(CC)nc(-c2cc(C)cc(C)c2O)n1. The molecule has 2 aromatic rings. The molecule has 19 heavy (non-hydrogen) atoms. The minimum atomic E-state index is 0.251. The van der Waals surface area contributed by atoms with Gasteiger partial charge in [0.25, 0.3) is 0 Å². The van der Waals surface area contributed by atoms with Crippen molar-refractivity contribution < 1.29 is 5.11 Å². The summed E-state index contributed by atoms with van der Waals surface area (Å²) in [6.45, 7) is 7.91. The van der Waals surface area contributed by atoms with E-state index in [-0.39, 0.29) is 5.75 Å². The predicted molar refractivity (Wildman–Crippen MR) is 75.2 cm³/mol. The van der Waals surface area contributed by atoms with Crippen LogP contribution in [0.5, 0.6) is 5.75 Å². The maximum absolute atomic E-state index is 10.2. The lowest BCUT2D eigenvalue weighted by molar-refractivity contribution is 0.472. The fourth-order valence-electron chi connectivity index (χ4n) is 2.04. The molecule has 1 aromatic heterocycles. The van der Waals surface area contributed by atoms with Crippen LogP contribution in [0.25, 0.3) is 11.4 Å². The number of phenols is 1. The summed E-state index contributed by atoms with van der Waals surface area (Å²) in [4.78, 5) is 13.2. The lowest BCUT2D eigenvalue weighted by atomic mass is 10.0. The highest BCUT2D eigenvalue weighted by Gasteiger charge is 2.13. The number of hydrogen-bond acceptors (Lipinski definition) is 4. The van der Waals surface area contributed by atoms with Gasteiger partial charge in [0.1, 0.15) is 17.4 Å². The molecule has 4 heteroatoms. The molecular weight excluding hydrogens is 238 g/mol. The van der Waals surface area contributed by atoms with Crippen molar-refractivity contribution in [3.63, 3.8) is 0 Å². The largest absolute Gasteiger partial charge is 0.507 e. The maximum Gasteiger partial charge on any atom is 0.167 e. The molecule has 0 fully saturated rings. The highest BCUT2D eigenvalue weighted by molar-refractivity contribution is 5.67. The average molecular weight is 257 g/mol. The molecule has 0 amide bonds. The molecule has 0 radical (unpaired) electrons. The Morgan fingerprint density at radius 3 is 2.05 bits per heavy atom. The highest BCUT2D eigenvalue weighted by atomic mass is 16.3. The monoisotopic (exact) mass is 257 g/mol. The Bertz CT molecular complexity index is 586. The van der Waals surface area contributed by atoms with E-state index >= 15 is 0 Å². The molecule has 2 rings (SSSR count). The van der Waals surface area contributed by atoms with E-state index in [0.717, 1.165) is 35.6 Å². The molecule has 0 atom stereocenters. The van der Waals surface area contributed by atoms with E-state index in [2.05, 4.69) is 15.0 Å². The van der Waals surface area contributed by atoms with Gasteiger partial charge in [-0.2, -0.15) is 0 Å². The number of aromatic nitrogens is 3. The Labute approximate surface area is 113 Å². The van der Waals surface area contributed by atoms with Crippen LogP contribution in [0.1, 0.15) is 36.6 Å². The molecule has 0 bridgehead atoms. The number of nitrogens with zero attached hydrogens (tertiary/aromatic N) is 3. The van der Waals surface area contributed by atoms with Crippen LogP contribution in [-0.2, 0) is 12.8 Å². The van der Waals surface area contributed by atoms with E-state index in [1.807, 2.05) is 39.8 Å². The number of aryl methyl sites for hydroxylation is 4. The first-order valence-corrected chi connectivity index (χ1v) is 6.59. The molecular formula is C15H19N3O. The van der Waals surface area contributed by atoms with Gasteiger partial charge in [-0.15, -0.1) is 0 Å². The quantitative estimate of drug-likeness (QED) is 0.918. The number of phenolic OH excluding ortho intramolecular Hbond substituents is 1. The zero-order chi connectivity index (χ0) is 14.0. The van der Waals surface area contributed by atoms with Crippen molar-refractivity contribution in [2.24, 2.45) is 0 Å². The van der Waals surface area contributed by atoms with Crippen LogP contribution in [0.4, 0.5) is 0 Å². The summed E-state index contributed by atoms with van der Waals surface area (Å²) in [6.07, 6.45) is 1.52. The first-order valence-electron chi connectivity index (χ1n) is 6.59. The van der Waals surface area contributed by atoms with Crippen molar-refractivity contribution in [3.8, 4) is 17.1 Å². The van der Waals surface area contributed by atoms with E-state index in [0.29, 0.717) is 11.4 Å². The van der Waals surface area contributed by atoms with Crippen molar-refractivity contribution in [1.29, 1.82) is 0 Å². The van der Waals surface area contributed by atoms with E-state index in [1.165, 1.54) is 0 Å². The molecule has 0 spiro atoms. The summed E-state index contributed by atoms with van der Waals surface area (Å²) in [7, 11) is 0. The van der Waals surface area contributed by atoms with E-state index in [4.69, 9.17) is 0 Å². The van der Waals surface area contributed by atoms with Crippen LogP contribution in [0.15, 0.2) is 12.1 Å². The summed E-state index contributed by atoms with van der Waals surface area (Å²) in [5, 5.41) is 10.2. The number of rotatable bonds is 3. The molecule has 100 valence electrons. The van der Waals surface area contributed by atoms with Crippen LogP contribution >= 0.6 is 0 Å². The second-order valence-electron chi connectivity index (χ2n) is 4.68. The number of hydrogen-bond donors (Lipinski definition) is 1.